The van der Waals surface area contributed by atoms with E-state index in [1.54, 1.807) is 0 Å². The van der Waals surface area contributed by atoms with Crippen LogP contribution in [-0.2, 0) is 0 Å². The van der Waals surface area contributed by atoms with Crippen molar-refractivity contribution in [2.24, 2.45) is 5.73 Å². The van der Waals surface area contributed by atoms with E-state index in [1.807, 2.05) is 36.4 Å². The lowest BCUT2D eigenvalue weighted by atomic mass is 10.1. The minimum atomic E-state index is 0.0276. The van der Waals surface area contributed by atoms with Crippen molar-refractivity contribution in [2.75, 3.05) is 11.9 Å². The Hall–Kier alpha value is -1.51. The predicted octanol–water partition coefficient (Wildman–Crippen LogP) is 3.76. The van der Waals surface area contributed by atoms with Gasteiger partial charge < -0.3 is 11.1 Å². The van der Waals surface area contributed by atoms with E-state index >= 15 is 0 Å². The molecule has 2 aromatic rings. The van der Waals surface area contributed by atoms with Crippen LogP contribution < -0.4 is 11.1 Å². The van der Waals surface area contributed by atoms with E-state index in [9.17, 15) is 0 Å². The standard InChI is InChI=1S/C15H17ClN2/c1-11-6-2-5-9-14(11)18-15(10-17)12-7-3-4-8-13(12)16/h2-9,15,18H,10,17H2,1H3. The molecular weight excluding hydrogens is 244 g/mol. The van der Waals surface area contributed by atoms with Gasteiger partial charge in [0.05, 0.1) is 6.04 Å². The molecule has 94 valence electrons. The minimum Gasteiger partial charge on any atom is -0.377 e. The normalized spacial score (nSPS) is 12.2. The fraction of sp³-hybridized carbons (Fsp3) is 0.200. The van der Waals surface area contributed by atoms with Gasteiger partial charge in [-0.1, -0.05) is 48.0 Å². The smallest absolute Gasteiger partial charge is 0.0650 e. The molecule has 3 heteroatoms. The number of hydrogen-bond donors (Lipinski definition) is 2. The van der Waals surface area contributed by atoms with Gasteiger partial charge >= 0.3 is 0 Å². The second-order valence-corrected chi connectivity index (χ2v) is 4.68. The highest BCUT2D eigenvalue weighted by Crippen LogP contribution is 2.26. The Balaban J connectivity index is 2.26. The van der Waals surface area contributed by atoms with Gasteiger partial charge in [0.15, 0.2) is 0 Å². The van der Waals surface area contributed by atoms with E-state index < -0.39 is 0 Å². The maximum Gasteiger partial charge on any atom is 0.0650 e. The molecule has 0 radical (unpaired) electrons. The molecule has 2 rings (SSSR count). The number of para-hydroxylation sites is 1. The third-order valence-electron chi connectivity index (χ3n) is 2.99. The molecule has 18 heavy (non-hydrogen) atoms. The highest BCUT2D eigenvalue weighted by Gasteiger charge is 2.13. The molecule has 2 nitrogen and oxygen atoms in total. The van der Waals surface area contributed by atoms with E-state index in [2.05, 4.69) is 24.4 Å². The average molecular weight is 261 g/mol. The van der Waals surface area contributed by atoms with Crippen LogP contribution in [0, 0.1) is 6.92 Å². The first-order valence-corrected chi connectivity index (χ1v) is 6.37. The van der Waals surface area contributed by atoms with Crippen molar-refractivity contribution >= 4 is 17.3 Å². The van der Waals surface area contributed by atoms with Gasteiger partial charge in [0.1, 0.15) is 0 Å². The van der Waals surface area contributed by atoms with Gasteiger partial charge in [-0.25, -0.2) is 0 Å². The summed E-state index contributed by atoms with van der Waals surface area (Å²) in [4.78, 5) is 0. The summed E-state index contributed by atoms with van der Waals surface area (Å²) in [6.07, 6.45) is 0. The molecule has 0 saturated heterocycles. The zero-order valence-corrected chi connectivity index (χ0v) is 11.1. The van der Waals surface area contributed by atoms with Crippen LogP contribution in [0.1, 0.15) is 17.2 Å². The molecule has 0 amide bonds. The first kappa shape index (κ1) is 12.9. The molecule has 2 aromatic carbocycles. The van der Waals surface area contributed by atoms with Gasteiger partial charge in [0, 0.05) is 17.3 Å². The average Bonchev–Trinajstić information content (AvgIpc) is 2.39. The molecular formula is C15H17ClN2. The summed E-state index contributed by atoms with van der Waals surface area (Å²) in [6, 6.07) is 16.0. The van der Waals surface area contributed by atoms with Crippen LogP contribution >= 0.6 is 11.6 Å². The number of anilines is 1. The van der Waals surface area contributed by atoms with Crippen molar-refractivity contribution in [3.05, 3.63) is 64.7 Å². The topological polar surface area (TPSA) is 38.0 Å². The van der Waals surface area contributed by atoms with Crippen molar-refractivity contribution < 1.29 is 0 Å². The van der Waals surface area contributed by atoms with Gasteiger partial charge in [-0.15, -0.1) is 0 Å². The lowest BCUT2D eigenvalue weighted by Crippen LogP contribution is -2.21. The van der Waals surface area contributed by atoms with Crippen LogP contribution in [0.15, 0.2) is 48.5 Å². The molecule has 0 saturated carbocycles. The van der Waals surface area contributed by atoms with Gasteiger partial charge in [-0.2, -0.15) is 0 Å². The van der Waals surface area contributed by atoms with Crippen molar-refractivity contribution in [3.8, 4) is 0 Å². The summed E-state index contributed by atoms with van der Waals surface area (Å²) >= 11 is 6.21. The first-order chi connectivity index (χ1) is 8.72. The second-order valence-electron chi connectivity index (χ2n) is 4.27. The number of nitrogens with one attached hydrogen (secondary N) is 1. The van der Waals surface area contributed by atoms with Crippen LogP contribution in [0.25, 0.3) is 0 Å². The quantitative estimate of drug-likeness (QED) is 0.878. The first-order valence-electron chi connectivity index (χ1n) is 5.99. The maximum absolute atomic E-state index is 6.21. The monoisotopic (exact) mass is 260 g/mol. The Kier molecular flexibility index (Phi) is 4.24. The van der Waals surface area contributed by atoms with E-state index in [0.717, 1.165) is 16.3 Å². The fourth-order valence-corrected chi connectivity index (χ4v) is 2.21. The number of rotatable bonds is 4. The Morgan fingerprint density at radius 1 is 1.11 bits per heavy atom. The molecule has 1 atom stereocenters. The van der Waals surface area contributed by atoms with Crippen molar-refractivity contribution in [2.45, 2.75) is 13.0 Å². The summed E-state index contributed by atoms with van der Waals surface area (Å²) in [5.74, 6) is 0. The van der Waals surface area contributed by atoms with E-state index in [-0.39, 0.29) is 6.04 Å². The molecule has 0 heterocycles. The molecule has 0 aliphatic rings. The Labute approximate surface area is 113 Å². The minimum absolute atomic E-state index is 0.0276. The molecule has 1 unspecified atom stereocenters. The number of aryl methyl sites for hydroxylation is 1. The largest absolute Gasteiger partial charge is 0.377 e. The highest BCUT2D eigenvalue weighted by atomic mass is 35.5. The summed E-state index contributed by atoms with van der Waals surface area (Å²) < 4.78 is 0. The molecule has 0 aromatic heterocycles. The van der Waals surface area contributed by atoms with E-state index in [0.29, 0.717) is 6.54 Å². The molecule has 3 N–H and O–H groups in total. The van der Waals surface area contributed by atoms with Crippen LogP contribution in [0.5, 0.6) is 0 Å². The van der Waals surface area contributed by atoms with Gasteiger partial charge in [-0.05, 0) is 30.2 Å². The van der Waals surface area contributed by atoms with Gasteiger partial charge in [-0.3, -0.25) is 0 Å². The zero-order chi connectivity index (χ0) is 13.0. The summed E-state index contributed by atoms with van der Waals surface area (Å²) in [6.45, 7) is 2.57. The van der Waals surface area contributed by atoms with Gasteiger partial charge in [0.25, 0.3) is 0 Å². The Bertz CT molecular complexity index is 525. The van der Waals surface area contributed by atoms with Crippen LogP contribution in [0.3, 0.4) is 0 Å². The summed E-state index contributed by atoms with van der Waals surface area (Å²) in [5.41, 5.74) is 9.17. The van der Waals surface area contributed by atoms with Crippen LogP contribution in [-0.4, -0.2) is 6.54 Å². The number of benzene rings is 2. The third kappa shape index (κ3) is 2.84. The van der Waals surface area contributed by atoms with E-state index in [1.165, 1.54) is 5.56 Å². The highest BCUT2D eigenvalue weighted by molar-refractivity contribution is 6.31. The number of halogens is 1. The molecule has 0 spiro atoms. The lowest BCUT2D eigenvalue weighted by molar-refractivity contribution is 0.789. The summed E-state index contributed by atoms with van der Waals surface area (Å²) in [5, 5.41) is 4.19. The van der Waals surface area contributed by atoms with Crippen molar-refractivity contribution in [3.63, 3.8) is 0 Å². The molecule has 0 aliphatic carbocycles. The summed E-state index contributed by atoms with van der Waals surface area (Å²) in [7, 11) is 0. The maximum atomic E-state index is 6.21. The predicted molar refractivity (Wildman–Crippen MR) is 78.0 cm³/mol. The Morgan fingerprint density at radius 3 is 2.44 bits per heavy atom. The third-order valence-corrected chi connectivity index (χ3v) is 3.34. The van der Waals surface area contributed by atoms with Gasteiger partial charge in [0.2, 0.25) is 0 Å². The van der Waals surface area contributed by atoms with Crippen molar-refractivity contribution in [1.82, 2.24) is 0 Å². The molecule has 0 aliphatic heterocycles. The van der Waals surface area contributed by atoms with Crippen molar-refractivity contribution in [1.29, 1.82) is 0 Å². The number of nitrogens with two attached hydrogens (primary N) is 1. The SMILES string of the molecule is Cc1ccccc1NC(CN)c1ccccc1Cl. The zero-order valence-electron chi connectivity index (χ0n) is 10.4. The van der Waals surface area contributed by atoms with Crippen LogP contribution in [0.4, 0.5) is 5.69 Å². The van der Waals surface area contributed by atoms with Crippen LogP contribution in [0.2, 0.25) is 5.02 Å². The lowest BCUT2D eigenvalue weighted by Gasteiger charge is -2.21. The second kappa shape index (κ2) is 5.89. The van der Waals surface area contributed by atoms with E-state index in [4.69, 9.17) is 17.3 Å². The molecule has 0 bridgehead atoms. The number of hydrogen-bond acceptors (Lipinski definition) is 2. The molecule has 0 fully saturated rings. The Morgan fingerprint density at radius 2 is 1.78 bits per heavy atom. The fourth-order valence-electron chi connectivity index (χ4n) is 1.94.